The standard InChI is InChI=1S/C39H43N7O3/c1-39(2,3)49-38(48)46-22-13-6-4-5-10-20-33(46)37(47)43-30-23-28(24-40-25-30)35-44-32-19-14-18-31(27-15-8-7-9-16-27)34(32)36(45-35)42-26-29-17-11-12-21-41-29/h7-9,11-12,14-19,21,23-25,33H,4-6,10,13,20,22,26H2,1-3H3,(H,43,47)(H,42,44,45)/t33-/m0/s1. The Morgan fingerprint density at radius 1 is 0.878 bits per heavy atom. The van der Waals surface area contributed by atoms with Crippen molar-refractivity contribution >= 4 is 34.4 Å². The average Bonchev–Trinajstić information content (AvgIpc) is 3.23. The lowest BCUT2D eigenvalue weighted by atomic mass is 10.0. The molecule has 1 aliphatic rings. The summed E-state index contributed by atoms with van der Waals surface area (Å²) in [6.07, 6.45) is 9.93. The Labute approximate surface area is 287 Å². The summed E-state index contributed by atoms with van der Waals surface area (Å²) in [6.45, 7) is 6.45. The molecule has 0 aliphatic carbocycles. The zero-order valence-electron chi connectivity index (χ0n) is 28.4. The van der Waals surface area contributed by atoms with Gasteiger partial charge in [-0.25, -0.2) is 14.8 Å². The maximum absolute atomic E-state index is 13.9. The molecule has 2 N–H and O–H groups in total. The fraction of sp³-hybridized carbons (Fsp3) is 0.333. The van der Waals surface area contributed by atoms with Gasteiger partial charge < -0.3 is 15.4 Å². The topological polar surface area (TPSA) is 122 Å². The molecule has 2 amide bonds. The molecule has 4 heterocycles. The molecule has 1 fully saturated rings. The van der Waals surface area contributed by atoms with Crippen LogP contribution < -0.4 is 10.6 Å². The van der Waals surface area contributed by atoms with Crippen LogP contribution >= 0.6 is 0 Å². The minimum atomic E-state index is -0.665. The summed E-state index contributed by atoms with van der Waals surface area (Å²) >= 11 is 0. The number of benzene rings is 2. The highest BCUT2D eigenvalue weighted by Gasteiger charge is 2.33. The summed E-state index contributed by atoms with van der Waals surface area (Å²) in [5, 5.41) is 7.44. The number of nitrogens with one attached hydrogen (secondary N) is 2. The third-order valence-corrected chi connectivity index (χ3v) is 8.42. The number of amides is 2. The van der Waals surface area contributed by atoms with E-state index in [1.165, 1.54) is 0 Å². The molecule has 10 nitrogen and oxygen atoms in total. The van der Waals surface area contributed by atoms with E-state index in [0.717, 1.165) is 59.8 Å². The predicted octanol–water partition coefficient (Wildman–Crippen LogP) is 8.26. The summed E-state index contributed by atoms with van der Waals surface area (Å²) in [7, 11) is 0. The van der Waals surface area contributed by atoms with Crippen LogP contribution in [0.15, 0.2) is 91.4 Å². The molecule has 0 radical (unpaired) electrons. The lowest BCUT2D eigenvalue weighted by Gasteiger charge is -2.32. The van der Waals surface area contributed by atoms with Gasteiger partial charge in [-0.05, 0) is 69.0 Å². The summed E-state index contributed by atoms with van der Waals surface area (Å²) in [5.41, 5.74) is 4.19. The molecule has 0 bridgehead atoms. The van der Waals surface area contributed by atoms with Crippen LogP contribution in [0.4, 0.5) is 16.3 Å². The number of hydrogen-bond donors (Lipinski definition) is 2. The first-order valence-corrected chi connectivity index (χ1v) is 17.0. The zero-order chi connectivity index (χ0) is 34.2. The highest BCUT2D eigenvalue weighted by molar-refractivity contribution is 6.02. The van der Waals surface area contributed by atoms with E-state index < -0.39 is 17.7 Å². The first-order valence-electron chi connectivity index (χ1n) is 17.0. The summed E-state index contributed by atoms with van der Waals surface area (Å²) in [5.74, 6) is 0.858. The van der Waals surface area contributed by atoms with Crippen LogP contribution in [0.2, 0.25) is 0 Å². The number of rotatable bonds is 7. The van der Waals surface area contributed by atoms with Crippen molar-refractivity contribution < 1.29 is 14.3 Å². The van der Waals surface area contributed by atoms with Gasteiger partial charge in [0.1, 0.15) is 17.5 Å². The van der Waals surface area contributed by atoms with Gasteiger partial charge in [-0.1, -0.05) is 74.2 Å². The molecular formula is C39H43N7O3. The number of nitrogens with zero attached hydrogens (tertiary/aromatic N) is 5. The number of carbonyl (C=O) groups is 2. The van der Waals surface area contributed by atoms with E-state index in [1.54, 1.807) is 23.5 Å². The molecular weight excluding hydrogens is 614 g/mol. The Morgan fingerprint density at radius 2 is 1.67 bits per heavy atom. The van der Waals surface area contributed by atoms with Gasteiger partial charge in [0.25, 0.3) is 0 Å². The molecule has 0 saturated carbocycles. The van der Waals surface area contributed by atoms with E-state index in [-0.39, 0.29) is 5.91 Å². The van der Waals surface area contributed by atoms with E-state index >= 15 is 0 Å². The van der Waals surface area contributed by atoms with Crippen molar-refractivity contribution in [2.24, 2.45) is 0 Å². The molecule has 49 heavy (non-hydrogen) atoms. The van der Waals surface area contributed by atoms with Gasteiger partial charge >= 0.3 is 6.09 Å². The van der Waals surface area contributed by atoms with Crippen molar-refractivity contribution in [3.05, 3.63) is 97.1 Å². The van der Waals surface area contributed by atoms with Gasteiger partial charge in [0.15, 0.2) is 5.82 Å². The van der Waals surface area contributed by atoms with Crippen LogP contribution in [0.3, 0.4) is 0 Å². The lowest BCUT2D eigenvalue weighted by molar-refractivity contribution is -0.121. The van der Waals surface area contributed by atoms with Crippen molar-refractivity contribution in [1.82, 2.24) is 24.8 Å². The molecule has 0 spiro atoms. The zero-order valence-corrected chi connectivity index (χ0v) is 28.4. The number of carbonyl (C=O) groups excluding carboxylic acids is 2. The molecule has 5 aromatic rings. The van der Waals surface area contributed by atoms with Crippen molar-refractivity contribution in [2.45, 2.75) is 77.5 Å². The first-order chi connectivity index (χ1) is 23.7. The monoisotopic (exact) mass is 657 g/mol. The highest BCUT2D eigenvalue weighted by Crippen LogP contribution is 2.34. The number of aromatic nitrogens is 4. The third kappa shape index (κ3) is 8.56. The predicted molar refractivity (Wildman–Crippen MR) is 193 cm³/mol. The fourth-order valence-electron chi connectivity index (χ4n) is 6.11. The van der Waals surface area contributed by atoms with Gasteiger partial charge in [0.2, 0.25) is 5.91 Å². The van der Waals surface area contributed by atoms with Crippen LogP contribution in [0.5, 0.6) is 0 Å². The quantitative estimate of drug-likeness (QED) is 0.179. The van der Waals surface area contributed by atoms with Gasteiger partial charge in [-0.2, -0.15) is 0 Å². The molecule has 2 aromatic carbocycles. The average molecular weight is 658 g/mol. The first kappa shape index (κ1) is 33.5. The van der Waals surface area contributed by atoms with Gasteiger partial charge in [-0.3, -0.25) is 19.7 Å². The smallest absolute Gasteiger partial charge is 0.410 e. The van der Waals surface area contributed by atoms with Crippen molar-refractivity contribution in [2.75, 3.05) is 17.2 Å². The highest BCUT2D eigenvalue weighted by atomic mass is 16.6. The Kier molecular flexibility index (Phi) is 10.4. The lowest BCUT2D eigenvalue weighted by Crippen LogP contribution is -2.49. The number of ether oxygens (including phenoxy) is 1. The van der Waals surface area contributed by atoms with Crippen LogP contribution in [0.25, 0.3) is 33.4 Å². The van der Waals surface area contributed by atoms with Crippen molar-refractivity contribution in [3.8, 4) is 22.5 Å². The largest absolute Gasteiger partial charge is 0.444 e. The number of fused-ring (bicyclic) bond motifs is 1. The Morgan fingerprint density at radius 3 is 2.47 bits per heavy atom. The molecule has 6 rings (SSSR count). The Bertz CT molecular complexity index is 1890. The second-order valence-corrected chi connectivity index (χ2v) is 13.3. The van der Waals surface area contributed by atoms with Crippen molar-refractivity contribution in [1.29, 1.82) is 0 Å². The van der Waals surface area contributed by atoms with E-state index in [1.807, 2.05) is 75.4 Å². The number of pyridine rings is 2. The fourth-order valence-corrected chi connectivity index (χ4v) is 6.11. The minimum Gasteiger partial charge on any atom is -0.444 e. The molecule has 0 unspecified atom stereocenters. The Hall–Kier alpha value is -5.38. The van der Waals surface area contributed by atoms with Gasteiger partial charge in [0.05, 0.1) is 35.0 Å². The normalized spacial score (nSPS) is 15.5. The Balaban J connectivity index is 1.32. The van der Waals surface area contributed by atoms with E-state index in [2.05, 4.69) is 38.8 Å². The van der Waals surface area contributed by atoms with E-state index in [9.17, 15) is 9.59 Å². The van der Waals surface area contributed by atoms with Crippen LogP contribution in [-0.2, 0) is 16.1 Å². The van der Waals surface area contributed by atoms with Crippen molar-refractivity contribution in [3.63, 3.8) is 0 Å². The van der Waals surface area contributed by atoms with E-state index in [4.69, 9.17) is 14.7 Å². The third-order valence-electron chi connectivity index (χ3n) is 8.42. The van der Waals surface area contributed by atoms with Crippen LogP contribution in [0, 0.1) is 0 Å². The SMILES string of the molecule is CC(C)(C)OC(=O)N1CCCCCCC[C@H]1C(=O)Nc1cncc(-c2nc(NCc3ccccn3)c3c(-c4ccccc4)cccc3n2)c1. The van der Waals surface area contributed by atoms with Crippen LogP contribution in [-0.4, -0.2) is 55.0 Å². The summed E-state index contributed by atoms with van der Waals surface area (Å²) < 4.78 is 5.72. The summed E-state index contributed by atoms with van der Waals surface area (Å²) in [6, 6.07) is 23.2. The molecule has 10 heteroatoms. The maximum Gasteiger partial charge on any atom is 0.410 e. The molecule has 252 valence electrons. The maximum atomic E-state index is 13.9. The second-order valence-electron chi connectivity index (χ2n) is 13.3. The van der Waals surface area contributed by atoms with Gasteiger partial charge in [0, 0.05) is 24.5 Å². The van der Waals surface area contributed by atoms with Gasteiger partial charge in [-0.15, -0.1) is 0 Å². The molecule has 1 atom stereocenters. The molecule has 3 aromatic heterocycles. The molecule has 1 saturated heterocycles. The summed E-state index contributed by atoms with van der Waals surface area (Å²) in [4.78, 5) is 47.6. The van der Waals surface area contributed by atoms with E-state index in [0.29, 0.717) is 42.4 Å². The molecule has 1 aliphatic heterocycles. The second kappa shape index (κ2) is 15.2. The number of anilines is 2. The van der Waals surface area contributed by atoms with Crippen LogP contribution in [0.1, 0.15) is 65.0 Å². The minimum absolute atomic E-state index is 0.267. The number of hydrogen-bond acceptors (Lipinski definition) is 8.